The Morgan fingerprint density at radius 3 is 2.83 bits per heavy atom. The van der Waals surface area contributed by atoms with Crippen molar-refractivity contribution in [3.8, 4) is 0 Å². The van der Waals surface area contributed by atoms with E-state index >= 15 is 0 Å². The summed E-state index contributed by atoms with van der Waals surface area (Å²) in [7, 11) is 1.97. The fraction of sp³-hybridized carbons (Fsp3) is 0.357. The van der Waals surface area contributed by atoms with Crippen LogP contribution in [-0.2, 0) is 6.54 Å². The zero-order chi connectivity index (χ0) is 13.1. The van der Waals surface area contributed by atoms with Gasteiger partial charge in [0.1, 0.15) is 11.6 Å². The third-order valence-corrected chi connectivity index (χ3v) is 3.02. The van der Waals surface area contributed by atoms with Gasteiger partial charge in [-0.05, 0) is 37.6 Å². The van der Waals surface area contributed by atoms with Gasteiger partial charge in [-0.3, -0.25) is 0 Å². The van der Waals surface area contributed by atoms with Crippen molar-refractivity contribution < 1.29 is 9.52 Å². The van der Waals surface area contributed by atoms with Crippen LogP contribution in [0, 0.1) is 6.92 Å². The smallest absolute Gasteiger partial charge is 0.128 e. The first kappa shape index (κ1) is 12.6. The van der Waals surface area contributed by atoms with Crippen molar-refractivity contribution in [2.24, 2.45) is 0 Å². The van der Waals surface area contributed by atoms with Gasteiger partial charge in [-0.15, -0.1) is 0 Å². The number of pyridine rings is 1. The van der Waals surface area contributed by atoms with E-state index < -0.39 is 6.10 Å². The third-order valence-electron chi connectivity index (χ3n) is 3.02. The van der Waals surface area contributed by atoms with Crippen LogP contribution in [0.25, 0.3) is 0 Å². The number of anilines is 1. The Balaban J connectivity index is 2.16. The Hall–Kier alpha value is -1.81. The van der Waals surface area contributed by atoms with Crippen LogP contribution in [0.4, 0.5) is 5.82 Å². The number of aliphatic hydroxyl groups excluding tert-OH is 1. The molecule has 0 amide bonds. The van der Waals surface area contributed by atoms with Gasteiger partial charge in [0, 0.05) is 25.4 Å². The molecule has 0 aliphatic heterocycles. The standard InChI is InChI=1S/C14H18N2O2/c1-10(17)12-4-6-15-14(8-12)16(3)9-13-5-7-18-11(13)2/h4-8,10,17H,9H2,1-3H3. The highest BCUT2D eigenvalue weighted by Gasteiger charge is 2.09. The van der Waals surface area contributed by atoms with Crippen molar-refractivity contribution in [1.29, 1.82) is 0 Å². The summed E-state index contributed by atoms with van der Waals surface area (Å²) >= 11 is 0. The number of nitrogens with zero attached hydrogens (tertiary/aromatic N) is 2. The molecule has 2 aromatic heterocycles. The minimum absolute atomic E-state index is 0.476. The molecule has 2 aromatic rings. The second-order valence-corrected chi connectivity index (χ2v) is 4.48. The maximum Gasteiger partial charge on any atom is 0.128 e. The average molecular weight is 246 g/mol. The Kier molecular flexibility index (Phi) is 3.67. The molecule has 96 valence electrons. The lowest BCUT2D eigenvalue weighted by Gasteiger charge is -2.18. The molecular weight excluding hydrogens is 228 g/mol. The summed E-state index contributed by atoms with van der Waals surface area (Å²) in [6.45, 7) is 4.43. The predicted molar refractivity (Wildman–Crippen MR) is 70.4 cm³/mol. The monoisotopic (exact) mass is 246 g/mol. The molecule has 0 fully saturated rings. The summed E-state index contributed by atoms with van der Waals surface area (Å²) in [4.78, 5) is 6.35. The Labute approximate surface area is 107 Å². The maximum absolute atomic E-state index is 9.57. The van der Waals surface area contributed by atoms with Gasteiger partial charge >= 0.3 is 0 Å². The number of aromatic nitrogens is 1. The van der Waals surface area contributed by atoms with Crippen LogP contribution >= 0.6 is 0 Å². The van der Waals surface area contributed by atoms with Crippen LogP contribution in [-0.4, -0.2) is 17.1 Å². The molecule has 4 heteroatoms. The summed E-state index contributed by atoms with van der Waals surface area (Å²) in [6.07, 6.45) is 2.93. The van der Waals surface area contributed by atoms with E-state index in [1.165, 1.54) is 0 Å². The predicted octanol–water partition coefficient (Wildman–Crippen LogP) is 2.67. The van der Waals surface area contributed by atoms with Crippen molar-refractivity contribution in [2.45, 2.75) is 26.5 Å². The Bertz CT molecular complexity index is 520. The third kappa shape index (κ3) is 2.71. The number of aryl methyl sites for hydroxylation is 1. The molecule has 0 aromatic carbocycles. The maximum atomic E-state index is 9.57. The summed E-state index contributed by atoms with van der Waals surface area (Å²) in [5, 5.41) is 9.57. The van der Waals surface area contributed by atoms with Crippen molar-refractivity contribution >= 4 is 5.82 Å². The van der Waals surface area contributed by atoms with E-state index in [1.807, 2.05) is 37.1 Å². The zero-order valence-electron chi connectivity index (χ0n) is 10.9. The van der Waals surface area contributed by atoms with Crippen LogP contribution in [0.5, 0.6) is 0 Å². The fourth-order valence-corrected chi connectivity index (χ4v) is 1.81. The molecule has 1 atom stereocenters. The van der Waals surface area contributed by atoms with Gasteiger partial charge in [-0.25, -0.2) is 4.98 Å². The van der Waals surface area contributed by atoms with Gasteiger partial charge in [0.15, 0.2) is 0 Å². The van der Waals surface area contributed by atoms with Gasteiger partial charge in [0.25, 0.3) is 0 Å². The second-order valence-electron chi connectivity index (χ2n) is 4.48. The highest BCUT2D eigenvalue weighted by atomic mass is 16.3. The number of hydrogen-bond donors (Lipinski definition) is 1. The van der Waals surface area contributed by atoms with Gasteiger partial charge < -0.3 is 14.4 Å². The van der Waals surface area contributed by atoms with Gasteiger partial charge in [-0.1, -0.05) is 0 Å². The largest absolute Gasteiger partial charge is 0.469 e. The van der Waals surface area contributed by atoms with Crippen molar-refractivity contribution in [2.75, 3.05) is 11.9 Å². The highest BCUT2D eigenvalue weighted by molar-refractivity contribution is 5.41. The number of hydrogen-bond acceptors (Lipinski definition) is 4. The van der Waals surface area contributed by atoms with E-state index in [9.17, 15) is 5.11 Å². The van der Waals surface area contributed by atoms with Crippen molar-refractivity contribution in [3.63, 3.8) is 0 Å². The van der Waals surface area contributed by atoms with Crippen LogP contribution in [0.3, 0.4) is 0 Å². The van der Waals surface area contributed by atoms with Crippen LogP contribution in [0.2, 0.25) is 0 Å². The SMILES string of the molecule is Cc1occc1CN(C)c1cc(C(C)O)ccn1. The lowest BCUT2D eigenvalue weighted by Crippen LogP contribution is -2.18. The van der Waals surface area contributed by atoms with Crippen LogP contribution in [0.15, 0.2) is 35.1 Å². The fourth-order valence-electron chi connectivity index (χ4n) is 1.81. The molecule has 2 heterocycles. The lowest BCUT2D eigenvalue weighted by molar-refractivity contribution is 0.199. The molecular formula is C14H18N2O2. The van der Waals surface area contributed by atoms with Gasteiger partial charge in [-0.2, -0.15) is 0 Å². The molecule has 1 N–H and O–H groups in total. The summed E-state index contributed by atoms with van der Waals surface area (Å²) in [6, 6.07) is 5.69. The van der Waals surface area contributed by atoms with E-state index in [1.54, 1.807) is 19.4 Å². The molecule has 0 saturated carbocycles. The minimum atomic E-state index is -0.476. The zero-order valence-corrected chi connectivity index (χ0v) is 10.9. The number of furan rings is 1. The summed E-state index contributed by atoms with van der Waals surface area (Å²) in [5.41, 5.74) is 2.01. The van der Waals surface area contributed by atoms with E-state index in [2.05, 4.69) is 4.98 Å². The van der Waals surface area contributed by atoms with Gasteiger partial charge in [0.05, 0.1) is 12.4 Å². The Morgan fingerprint density at radius 2 is 2.22 bits per heavy atom. The van der Waals surface area contributed by atoms with Gasteiger partial charge in [0.2, 0.25) is 0 Å². The molecule has 0 aliphatic carbocycles. The molecule has 18 heavy (non-hydrogen) atoms. The van der Waals surface area contributed by atoms with Crippen molar-refractivity contribution in [1.82, 2.24) is 4.98 Å². The summed E-state index contributed by atoms with van der Waals surface area (Å²) < 4.78 is 5.28. The average Bonchev–Trinajstić information content (AvgIpc) is 2.75. The lowest BCUT2D eigenvalue weighted by atomic mass is 10.1. The quantitative estimate of drug-likeness (QED) is 0.901. The second kappa shape index (κ2) is 5.23. The topological polar surface area (TPSA) is 49.5 Å². The molecule has 0 bridgehead atoms. The van der Waals surface area contributed by atoms with E-state index in [0.29, 0.717) is 0 Å². The van der Waals surface area contributed by atoms with E-state index in [0.717, 1.165) is 29.2 Å². The number of rotatable bonds is 4. The normalized spacial score (nSPS) is 12.4. The first-order chi connectivity index (χ1) is 8.58. The molecule has 4 nitrogen and oxygen atoms in total. The van der Waals surface area contributed by atoms with E-state index in [-0.39, 0.29) is 0 Å². The molecule has 0 saturated heterocycles. The van der Waals surface area contributed by atoms with Crippen LogP contribution in [0.1, 0.15) is 29.9 Å². The first-order valence-electron chi connectivity index (χ1n) is 5.96. The van der Waals surface area contributed by atoms with E-state index in [4.69, 9.17) is 4.42 Å². The first-order valence-corrected chi connectivity index (χ1v) is 5.96. The Morgan fingerprint density at radius 1 is 1.44 bits per heavy atom. The summed E-state index contributed by atoms with van der Waals surface area (Å²) in [5.74, 6) is 1.77. The number of aliphatic hydroxyl groups is 1. The van der Waals surface area contributed by atoms with Crippen LogP contribution < -0.4 is 4.90 Å². The molecule has 0 aliphatic rings. The molecule has 0 radical (unpaired) electrons. The molecule has 1 unspecified atom stereocenters. The minimum Gasteiger partial charge on any atom is -0.469 e. The molecule has 2 rings (SSSR count). The van der Waals surface area contributed by atoms with Crippen molar-refractivity contribution in [3.05, 3.63) is 47.5 Å². The molecule has 0 spiro atoms. The highest BCUT2D eigenvalue weighted by Crippen LogP contribution is 2.19.